The molecule has 1 nitrogen and oxygen atoms in total. The van der Waals surface area contributed by atoms with E-state index in [4.69, 9.17) is 0 Å². The Labute approximate surface area is 320 Å². The van der Waals surface area contributed by atoms with Crippen molar-refractivity contribution in [3.63, 3.8) is 0 Å². The van der Waals surface area contributed by atoms with Crippen molar-refractivity contribution in [2.24, 2.45) is 0 Å². The molecule has 10 aromatic carbocycles. The van der Waals surface area contributed by atoms with Gasteiger partial charge in [0.2, 0.25) is 0 Å². The van der Waals surface area contributed by atoms with Crippen molar-refractivity contribution in [1.82, 2.24) is 4.57 Å². The Morgan fingerprint density at radius 1 is 0.218 bits per heavy atom. The van der Waals surface area contributed by atoms with Crippen molar-refractivity contribution >= 4 is 54.1 Å². The molecule has 0 saturated carbocycles. The quantitative estimate of drug-likeness (QED) is 0.169. The topological polar surface area (TPSA) is 4.93 Å². The predicted octanol–water partition coefficient (Wildman–Crippen LogP) is 14.9. The van der Waals surface area contributed by atoms with E-state index < -0.39 is 0 Å². The minimum absolute atomic E-state index is 1.15. The Bertz CT molecular complexity index is 3240. The maximum Gasteiger partial charge on any atom is 0.0541 e. The van der Waals surface area contributed by atoms with Crippen LogP contribution in [0.1, 0.15) is 0 Å². The highest BCUT2D eigenvalue weighted by Crippen LogP contribution is 2.39. The molecule has 0 aliphatic rings. The Kier molecular flexibility index (Phi) is 7.25. The zero-order chi connectivity index (χ0) is 36.3. The molecular formula is C54H35N. The summed E-state index contributed by atoms with van der Waals surface area (Å²) in [4.78, 5) is 0. The zero-order valence-electron chi connectivity index (χ0n) is 30.2. The van der Waals surface area contributed by atoms with Crippen LogP contribution < -0.4 is 0 Å². The molecular weight excluding hydrogens is 663 g/mol. The second-order valence-corrected chi connectivity index (χ2v) is 14.6. The van der Waals surface area contributed by atoms with Gasteiger partial charge in [-0.25, -0.2) is 0 Å². The highest BCUT2D eigenvalue weighted by Gasteiger charge is 2.16. The molecule has 0 saturated heterocycles. The molecule has 256 valence electrons. The van der Waals surface area contributed by atoms with Crippen molar-refractivity contribution < 1.29 is 0 Å². The van der Waals surface area contributed by atoms with Gasteiger partial charge in [-0.3, -0.25) is 0 Å². The van der Waals surface area contributed by atoms with E-state index in [9.17, 15) is 0 Å². The van der Waals surface area contributed by atoms with Gasteiger partial charge in [-0.2, -0.15) is 0 Å². The van der Waals surface area contributed by atoms with E-state index >= 15 is 0 Å². The van der Waals surface area contributed by atoms with Crippen molar-refractivity contribution in [3.05, 3.63) is 212 Å². The summed E-state index contributed by atoms with van der Waals surface area (Å²) in [5, 5.41) is 10.0. The summed E-state index contributed by atoms with van der Waals surface area (Å²) >= 11 is 0. The molecule has 1 heteroatoms. The van der Waals surface area contributed by atoms with E-state index in [0.717, 1.165) is 5.69 Å². The highest BCUT2D eigenvalue weighted by atomic mass is 15.0. The molecule has 0 fully saturated rings. The van der Waals surface area contributed by atoms with Gasteiger partial charge in [0.05, 0.1) is 11.0 Å². The van der Waals surface area contributed by atoms with Crippen molar-refractivity contribution in [1.29, 1.82) is 0 Å². The fraction of sp³-hybridized carbons (Fsp3) is 0. The molecule has 0 N–H and O–H groups in total. The van der Waals surface area contributed by atoms with Gasteiger partial charge in [-0.15, -0.1) is 0 Å². The van der Waals surface area contributed by atoms with Gasteiger partial charge in [-0.05, 0) is 131 Å². The minimum Gasteiger partial charge on any atom is -0.309 e. The second-order valence-electron chi connectivity index (χ2n) is 14.6. The van der Waals surface area contributed by atoms with E-state index in [1.807, 2.05) is 0 Å². The highest BCUT2D eigenvalue weighted by molar-refractivity contribution is 6.12. The van der Waals surface area contributed by atoms with Gasteiger partial charge < -0.3 is 4.57 Å². The van der Waals surface area contributed by atoms with Gasteiger partial charge in [-0.1, -0.05) is 158 Å². The molecule has 0 aliphatic heterocycles. The average Bonchev–Trinajstić information content (AvgIpc) is 3.59. The summed E-state index contributed by atoms with van der Waals surface area (Å²) in [6, 6.07) is 77.9. The SMILES string of the molecule is c1ccc2cc(-c3ccc(-c4ccc5c(c4)c4cc(-c6ccc7ccccc7c6)ccc4n5-c4ccc(-c5ccc6ccccc6c5)cc4)cc3)ccc2c1. The first kappa shape index (κ1) is 31.3. The van der Waals surface area contributed by atoms with E-state index in [1.165, 1.54) is 98.6 Å². The summed E-state index contributed by atoms with van der Waals surface area (Å²) in [5.74, 6) is 0. The van der Waals surface area contributed by atoms with Gasteiger partial charge in [0, 0.05) is 16.5 Å². The van der Waals surface area contributed by atoms with E-state index in [2.05, 4.69) is 217 Å². The average molecular weight is 698 g/mol. The first-order valence-electron chi connectivity index (χ1n) is 19.0. The normalized spacial score (nSPS) is 11.6. The molecule has 0 aliphatic carbocycles. The summed E-state index contributed by atoms with van der Waals surface area (Å²) in [6.45, 7) is 0. The lowest BCUT2D eigenvalue weighted by atomic mass is 9.97. The van der Waals surface area contributed by atoms with Crippen LogP contribution in [0.25, 0.3) is 104 Å². The first-order chi connectivity index (χ1) is 27.2. The summed E-state index contributed by atoms with van der Waals surface area (Å²) in [7, 11) is 0. The Hall–Kier alpha value is -7.22. The molecule has 0 radical (unpaired) electrons. The number of hydrogen-bond acceptors (Lipinski definition) is 0. The molecule has 55 heavy (non-hydrogen) atoms. The lowest BCUT2D eigenvalue weighted by Crippen LogP contribution is -1.94. The number of aromatic nitrogens is 1. The van der Waals surface area contributed by atoms with Crippen LogP contribution in [-0.4, -0.2) is 4.57 Å². The first-order valence-corrected chi connectivity index (χ1v) is 19.0. The lowest BCUT2D eigenvalue weighted by Gasteiger charge is -2.11. The largest absolute Gasteiger partial charge is 0.309 e. The van der Waals surface area contributed by atoms with Crippen LogP contribution in [-0.2, 0) is 0 Å². The predicted molar refractivity (Wildman–Crippen MR) is 235 cm³/mol. The number of nitrogens with zero attached hydrogens (tertiary/aromatic N) is 1. The van der Waals surface area contributed by atoms with Gasteiger partial charge >= 0.3 is 0 Å². The standard InChI is InChI=1S/C54H35N/c1-4-10-42-31-45(20-17-36(42)7-1)39-13-15-40(16-14-39)48-25-29-53-51(34-48)52-35-49(47-22-19-38-9-3-6-12-44(38)33-47)26-30-54(52)55(53)50-27-23-41(24-28-50)46-21-18-37-8-2-5-11-43(37)32-46/h1-35H. The third-order valence-electron chi connectivity index (χ3n) is 11.4. The molecule has 11 rings (SSSR count). The molecule has 0 unspecified atom stereocenters. The third-order valence-corrected chi connectivity index (χ3v) is 11.4. The molecule has 11 aromatic rings. The zero-order valence-corrected chi connectivity index (χ0v) is 30.2. The van der Waals surface area contributed by atoms with Gasteiger partial charge in [0.15, 0.2) is 0 Å². The monoisotopic (exact) mass is 697 g/mol. The number of fused-ring (bicyclic) bond motifs is 6. The van der Waals surface area contributed by atoms with Crippen molar-refractivity contribution in [3.8, 4) is 50.2 Å². The van der Waals surface area contributed by atoms with Crippen LogP contribution >= 0.6 is 0 Å². The number of rotatable bonds is 5. The lowest BCUT2D eigenvalue weighted by molar-refractivity contribution is 1.18. The molecule has 0 spiro atoms. The van der Waals surface area contributed by atoms with E-state index in [0.29, 0.717) is 0 Å². The van der Waals surface area contributed by atoms with Crippen LogP contribution in [0.3, 0.4) is 0 Å². The smallest absolute Gasteiger partial charge is 0.0541 e. The number of hydrogen-bond donors (Lipinski definition) is 0. The van der Waals surface area contributed by atoms with Crippen LogP contribution in [0.15, 0.2) is 212 Å². The fourth-order valence-electron chi connectivity index (χ4n) is 8.43. The Morgan fingerprint density at radius 2 is 0.509 bits per heavy atom. The van der Waals surface area contributed by atoms with Crippen LogP contribution in [0.5, 0.6) is 0 Å². The summed E-state index contributed by atoms with van der Waals surface area (Å²) in [6.07, 6.45) is 0. The van der Waals surface area contributed by atoms with Gasteiger partial charge in [0.25, 0.3) is 0 Å². The van der Waals surface area contributed by atoms with Crippen LogP contribution in [0.2, 0.25) is 0 Å². The van der Waals surface area contributed by atoms with Crippen molar-refractivity contribution in [2.75, 3.05) is 0 Å². The molecule has 1 aromatic heterocycles. The summed E-state index contributed by atoms with van der Waals surface area (Å²) < 4.78 is 2.42. The fourth-order valence-corrected chi connectivity index (χ4v) is 8.43. The van der Waals surface area contributed by atoms with Crippen LogP contribution in [0.4, 0.5) is 0 Å². The Morgan fingerprint density at radius 3 is 0.927 bits per heavy atom. The Balaban J connectivity index is 1.03. The number of benzene rings is 10. The second kappa shape index (κ2) is 12.7. The maximum absolute atomic E-state index is 2.42. The minimum atomic E-state index is 1.15. The molecule has 0 atom stereocenters. The van der Waals surface area contributed by atoms with Gasteiger partial charge in [0.1, 0.15) is 0 Å². The molecule has 0 bridgehead atoms. The van der Waals surface area contributed by atoms with E-state index in [-0.39, 0.29) is 0 Å². The third kappa shape index (κ3) is 5.48. The van der Waals surface area contributed by atoms with Crippen LogP contribution in [0, 0.1) is 0 Å². The van der Waals surface area contributed by atoms with Crippen molar-refractivity contribution in [2.45, 2.75) is 0 Å². The molecule has 0 amide bonds. The maximum atomic E-state index is 2.42. The van der Waals surface area contributed by atoms with E-state index in [1.54, 1.807) is 0 Å². The summed E-state index contributed by atoms with van der Waals surface area (Å²) in [5.41, 5.74) is 13.3. The molecule has 1 heterocycles.